The molecule has 0 aromatic heterocycles. The molecule has 0 spiro atoms. The number of methoxy groups -OCH3 is 1. The molecule has 0 aliphatic carbocycles. The maximum absolute atomic E-state index is 12.4. The van der Waals surface area contributed by atoms with Gasteiger partial charge >= 0.3 is 0 Å². The Morgan fingerprint density at radius 1 is 1.19 bits per heavy atom. The van der Waals surface area contributed by atoms with Crippen molar-refractivity contribution in [2.24, 2.45) is 0 Å². The first-order valence-corrected chi connectivity index (χ1v) is 7.69. The number of ether oxygens (including phenoxy) is 1. The Labute approximate surface area is 132 Å². The molecule has 1 aliphatic heterocycles. The van der Waals surface area contributed by atoms with E-state index >= 15 is 0 Å². The van der Waals surface area contributed by atoms with Crippen molar-refractivity contribution in [2.45, 2.75) is 19.4 Å². The summed E-state index contributed by atoms with van der Waals surface area (Å²) in [5.41, 5.74) is 3.17. The molecule has 0 saturated carbocycles. The van der Waals surface area contributed by atoms with Crippen molar-refractivity contribution in [3.05, 3.63) is 58.1 Å². The SMILES string of the molecule is COc1cc(Br)cc2c1N(Cc1ccccc1)C(=O)CC2. The predicted octanol–water partition coefficient (Wildman–Crippen LogP) is 3.94. The summed E-state index contributed by atoms with van der Waals surface area (Å²) >= 11 is 3.50. The molecule has 2 aromatic carbocycles. The van der Waals surface area contributed by atoms with Crippen LogP contribution in [0, 0.1) is 0 Å². The second-order valence-electron chi connectivity index (χ2n) is 5.08. The average molecular weight is 346 g/mol. The van der Waals surface area contributed by atoms with Gasteiger partial charge in [0.25, 0.3) is 0 Å². The summed E-state index contributed by atoms with van der Waals surface area (Å²) in [6.45, 7) is 0.574. The Kier molecular flexibility index (Phi) is 3.97. The molecular weight excluding hydrogens is 330 g/mol. The standard InChI is InChI=1S/C17H16BrNO2/c1-21-15-10-14(18)9-13-7-8-16(20)19(17(13)15)11-12-5-3-2-4-6-12/h2-6,9-10H,7-8,11H2,1H3. The van der Waals surface area contributed by atoms with E-state index in [9.17, 15) is 4.79 Å². The molecule has 0 radical (unpaired) electrons. The molecule has 0 N–H and O–H groups in total. The van der Waals surface area contributed by atoms with Gasteiger partial charge in [-0.25, -0.2) is 0 Å². The lowest BCUT2D eigenvalue weighted by Crippen LogP contribution is -2.34. The number of benzene rings is 2. The number of halogens is 1. The zero-order valence-electron chi connectivity index (χ0n) is 11.8. The minimum atomic E-state index is 0.145. The van der Waals surface area contributed by atoms with E-state index in [-0.39, 0.29) is 5.91 Å². The molecule has 1 aliphatic rings. The normalized spacial score (nSPS) is 14.0. The first-order chi connectivity index (χ1) is 10.2. The third kappa shape index (κ3) is 2.81. The maximum Gasteiger partial charge on any atom is 0.227 e. The number of aryl methyl sites for hydroxylation is 1. The fourth-order valence-electron chi connectivity index (χ4n) is 2.72. The molecular formula is C17H16BrNO2. The van der Waals surface area contributed by atoms with Crippen LogP contribution in [0.5, 0.6) is 5.75 Å². The fraction of sp³-hybridized carbons (Fsp3) is 0.235. The fourth-order valence-corrected chi connectivity index (χ4v) is 3.20. The topological polar surface area (TPSA) is 29.5 Å². The van der Waals surface area contributed by atoms with E-state index in [1.54, 1.807) is 7.11 Å². The zero-order chi connectivity index (χ0) is 14.8. The molecule has 0 unspecified atom stereocenters. The highest BCUT2D eigenvalue weighted by Gasteiger charge is 2.27. The van der Waals surface area contributed by atoms with Gasteiger partial charge in [0.1, 0.15) is 5.75 Å². The first-order valence-electron chi connectivity index (χ1n) is 6.89. The van der Waals surface area contributed by atoms with E-state index < -0.39 is 0 Å². The van der Waals surface area contributed by atoms with Crippen LogP contribution in [0.3, 0.4) is 0 Å². The van der Waals surface area contributed by atoms with E-state index in [0.717, 1.165) is 33.5 Å². The smallest absolute Gasteiger partial charge is 0.227 e. The van der Waals surface area contributed by atoms with Crippen molar-refractivity contribution >= 4 is 27.5 Å². The lowest BCUT2D eigenvalue weighted by Gasteiger charge is -2.31. The Morgan fingerprint density at radius 3 is 2.67 bits per heavy atom. The summed E-state index contributed by atoms with van der Waals surface area (Å²) in [5.74, 6) is 0.885. The summed E-state index contributed by atoms with van der Waals surface area (Å²) < 4.78 is 6.46. The van der Waals surface area contributed by atoms with Crippen molar-refractivity contribution < 1.29 is 9.53 Å². The van der Waals surface area contributed by atoms with Gasteiger partial charge in [-0.3, -0.25) is 4.79 Å². The largest absolute Gasteiger partial charge is 0.495 e. The van der Waals surface area contributed by atoms with E-state index in [0.29, 0.717) is 13.0 Å². The third-order valence-electron chi connectivity index (χ3n) is 3.70. The number of anilines is 1. The molecule has 1 heterocycles. The van der Waals surface area contributed by atoms with Crippen LogP contribution in [0.25, 0.3) is 0 Å². The summed E-state index contributed by atoms with van der Waals surface area (Å²) in [4.78, 5) is 14.2. The average Bonchev–Trinajstić information content (AvgIpc) is 2.50. The number of rotatable bonds is 3. The number of hydrogen-bond donors (Lipinski definition) is 0. The summed E-state index contributed by atoms with van der Waals surface area (Å²) in [6.07, 6.45) is 1.30. The summed E-state index contributed by atoms with van der Waals surface area (Å²) in [5, 5.41) is 0. The van der Waals surface area contributed by atoms with E-state index in [1.165, 1.54) is 0 Å². The van der Waals surface area contributed by atoms with E-state index in [1.807, 2.05) is 41.3 Å². The zero-order valence-corrected chi connectivity index (χ0v) is 13.4. The van der Waals surface area contributed by atoms with Crippen molar-refractivity contribution in [3.63, 3.8) is 0 Å². The Hall–Kier alpha value is -1.81. The van der Waals surface area contributed by atoms with Crippen LogP contribution in [0.2, 0.25) is 0 Å². The van der Waals surface area contributed by atoms with Gasteiger partial charge in [-0.2, -0.15) is 0 Å². The van der Waals surface area contributed by atoms with Crippen LogP contribution < -0.4 is 9.64 Å². The molecule has 0 fully saturated rings. The molecule has 3 nitrogen and oxygen atoms in total. The second kappa shape index (κ2) is 5.90. The lowest BCUT2D eigenvalue weighted by atomic mass is 9.99. The van der Waals surface area contributed by atoms with Gasteiger partial charge in [0.15, 0.2) is 0 Å². The van der Waals surface area contributed by atoms with Gasteiger partial charge < -0.3 is 9.64 Å². The number of nitrogens with zero attached hydrogens (tertiary/aromatic N) is 1. The molecule has 1 amide bonds. The number of amides is 1. The molecule has 21 heavy (non-hydrogen) atoms. The van der Waals surface area contributed by atoms with Crippen LogP contribution in [0.15, 0.2) is 46.9 Å². The van der Waals surface area contributed by atoms with Crippen molar-refractivity contribution in [2.75, 3.05) is 12.0 Å². The van der Waals surface area contributed by atoms with Gasteiger partial charge in [-0.15, -0.1) is 0 Å². The van der Waals surface area contributed by atoms with Crippen molar-refractivity contribution in [3.8, 4) is 5.75 Å². The quantitative estimate of drug-likeness (QED) is 0.843. The number of carbonyl (C=O) groups excluding carboxylic acids is 1. The predicted molar refractivity (Wildman–Crippen MR) is 86.6 cm³/mol. The van der Waals surface area contributed by atoms with Crippen LogP contribution in [-0.2, 0) is 17.8 Å². The van der Waals surface area contributed by atoms with E-state index in [4.69, 9.17) is 4.74 Å². The molecule has 108 valence electrons. The number of carbonyl (C=O) groups is 1. The van der Waals surface area contributed by atoms with Gasteiger partial charge in [0.2, 0.25) is 5.91 Å². The summed E-state index contributed by atoms with van der Waals surface area (Å²) in [7, 11) is 1.64. The van der Waals surface area contributed by atoms with Gasteiger partial charge in [0, 0.05) is 10.9 Å². The molecule has 3 rings (SSSR count). The Morgan fingerprint density at radius 2 is 1.95 bits per heavy atom. The highest BCUT2D eigenvalue weighted by molar-refractivity contribution is 9.10. The van der Waals surface area contributed by atoms with Crippen molar-refractivity contribution in [1.29, 1.82) is 0 Å². The molecule has 4 heteroatoms. The molecule has 0 atom stereocenters. The maximum atomic E-state index is 12.4. The van der Waals surface area contributed by atoms with Crippen molar-refractivity contribution in [1.82, 2.24) is 0 Å². The first kappa shape index (κ1) is 14.1. The van der Waals surface area contributed by atoms with Crippen LogP contribution in [-0.4, -0.2) is 13.0 Å². The van der Waals surface area contributed by atoms with Gasteiger partial charge in [-0.05, 0) is 29.7 Å². The van der Waals surface area contributed by atoms with E-state index in [2.05, 4.69) is 22.0 Å². The second-order valence-corrected chi connectivity index (χ2v) is 6.00. The Bertz CT molecular complexity index is 653. The van der Waals surface area contributed by atoms with Crippen LogP contribution in [0.1, 0.15) is 17.5 Å². The third-order valence-corrected chi connectivity index (χ3v) is 4.16. The number of hydrogen-bond acceptors (Lipinski definition) is 2. The molecule has 2 aromatic rings. The van der Waals surface area contributed by atoms with Crippen LogP contribution in [0.4, 0.5) is 5.69 Å². The minimum Gasteiger partial charge on any atom is -0.495 e. The summed E-state index contributed by atoms with van der Waals surface area (Å²) in [6, 6.07) is 14.0. The van der Waals surface area contributed by atoms with Crippen LogP contribution >= 0.6 is 15.9 Å². The highest BCUT2D eigenvalue weighted by atomic mass is 79.9. The van der Waals surface area contributed by atoms with Gasteiger partial charge in [0.05, 0.1) is 19.3 Å². The lowest BCUT2D eigenvalue weighted by molar-refractivity contribution is -0.119. The molecule has 0 saturated heterocycles. The molecule has 0 bridgehead atoms. The minimum absolute atomic E-state index is 0.145. The monoisotopic (exact) mass is 345 g/mol. The van der Waals surface area contributed by atoms with Gasteiger partial charge in [-0.1, -0.05) is 46.3 Å². The Balaban J connectivity index is 2.04. The number of fused-ring (bicyclic) bond motifs is 1. The highest BCUT2D eigenvalue weighted by Crippen LogP contribution is 2.39.